The van der Waals surface area contributed by atoms with Gasteiger partial charge in [0.05, 0.1) is 12.1 Å². The Labute approximate surface area is 163 Å². The SMILES string of the molecule is CCCCCCCCCCCCCCCCCC(=O)NC(CC)C(C)O. The summed E-state index contributed by atoms with van der Waals surface area (Å²) in [6.07, 6.45) is 21.0. The number of rotatable bonds is 19. The smallest absolute Gasteiger partial charge is 0.220 e. The van der Waals surface area contributed by atoms with E-state index in [4.69, 9.17) is 0 Å². The van der Waals surface area contributed by atoms with Crippen LogP contribution in [0.4, 0.5) is 0 Å². The molecule has 0 fully saturated rings. The summed E-state index contributed by atoms with van der Waals surface area (Å²) in [6, 6.07) is -0.0983. The van der Waals surface area contributed by atoms with Gasteiger partial charge in [-0.1, -0.05) is 104 Å². The van der Waals surface area contributed by atoms with Crippen LogP contribution in [0.3, 0.4) is 0 Å². The highest BCUT2D eigenvalue weighted by Crippen LogP contribution is 2.13. The van der Waals surface area contributed by atoms with Gasteiger partial charge in [-0.2, -0.15) is 0 Å². The van der Waals surface area contributed by atoms with E-state index in [1.54, 1.807) is 6.92 Å². The number of aliphatic hydroxyl groups excluding tert-OH is 1. The maximum atomic E-state index is 11.8. The zero-order valence-electron chi connectivity index (χ0n) is 18.0. The first kappa shape index (κ1) is 25.4. The van der Waals surface area contributed by atoms with Crippen LogP contribution >= 0.6 is 0 Å². The number of unbranched alkanes of at least 4 members (excludes halogenated alkanes) is 14. The van der Waals surface area contributed by atoms with E-state index in [-0.39, 0.29) is 11.9 Å². The molecule has 2 N–H and O–H groups in total. The lowest BCUT2D eigenvalue weighted by molar-refractivity contribution is -0.122. The third-order valence-corrected chi connectivity index (χ3v) is 5.38. The van der Waals surface area contributed by atoms with Gasteiger partial charge < -0.3 is 10.4 Å². The minimum absolute atomic E-state index is 0.0902. The largest absolute Gasteiger partial charge is 0.391 e. The van der Waals surface area contributed by atoms with Gasteiger partial charge in [0.1, 0.15) is 0 Å². The number of aliphatic hydroxyl groups is 1. The summed E-state index contributed by atoms with van der Waals surface area (Å²) in [5, 5.41) is 12.5. The van der Waals surface area contributed by atoms with Crippen molar-refractivity contribution in [3.63, 3.8) is 0 Å². The van der Waals surface area contributed by atoms with Gasteiger partial charge in [0.25, 0.3) is 0 Å². The molecule has 0 heterocycles. The summed E-state index contributed by atoms with van der Waals surface area (Å²) in [7, 11) is 0. The zero-order valence-corrected chi connectivity index (χ0v) is 18.0. The van der Waals surface area contributed by atoms with Crippen LogP contribution in [0.2, 0.25) is 0 Å². The van der Waals surface area contributed by atoms with Gasteiger partial charge in [-0.15, -0.1) is 0 Å². The first-order valence-electron chi connectivity index (χ1n) is 11.6. The Hall–Kier alpha value is -0.570. The maximum Gasteiger partial charge on any atom is 0.220 e. The maximum absolute atomic E-state index is 11.8. The fraction of sp³-hybridized carbons (Fsp3) is 0.957. The molecule has 0 aliphatic heterocycles. The highest BCUT2D eigenvalue weighted by Gasteiger charge is 2.14. The molecule has 0 aliphatic carbocycles. The standard InChI is InChI=1S/C23H47NO2/c1-4-6-7-8-9-10-11-12-13-14-15-16-17-18-19-20-23(26)24-22(5-2)21(3)25/h21-22,25H,4-20H2,1-3H3,(H,24,26). The van der Waals surface area contributed by atoms with E-state index >= 15 is 0 Å². The van der Waals surface area contributed by atoms with Crippen LogP contribution in [-0.2, 0) is 4.79 Å². The van der Waals surface area contributed by atoms with Crippen LogP contribution in [0.1, 0.15) is 130 Å². The van der Waals surface area contributed by atoms with Crippen molar-refractivity contribution in [1.29, 1.82) is 0 Å². The zero-order chi connectivity index (χ0) is 19.5. The number of nitrogens with one attached hydrogen (secondary N) is 1. The highest BCUT2D eigenvalue weighted by molar-refractivity contribution is 5.76. The Bertz CT molecular complexity index is 305. The summed E-state index contributed by atoms with van der Waals surface area (Å²) in [5.74, 6) is 0.0902. The molecule has 3 heteroatoms. The van der Waals surface area contributed by atoms with E-state index < -0.39 is 6.10 Å². The molecule has 0 spiro atoms. The van der Waals surface area contributed by atoms with Gasteiger partial charge in [-0.25, -0.2) is 0 Å². The summed E-state index contributed by atoms with van der Waals surface area (Å²) >= 11 is 0. The lowest BCUT2D eigenvalue weighted by atomic mass is 10.0. The van der Waals surface area contributed by atoms with Crippen LogP contribution < -0.4 is 5.32 Å². The average Bonchev–Trinajstić information content (AvgIpc) is 2.62. The van der Waals surface area contributed by atoms with Gasteiger partial charge in [0.15, 0.2) is 0 Å². The Morgan fingerprint density at radius 1 is 0.731 bits per heavy atom. The van der Waals surface area contributed by atoms with Crippen LogP contribution in [0.15, 0.2) is 0 Å². The Balaban J connectivity index is 3.25. The van der Waals surface area contributed by atoms with Crippen molar-refractivity contribution in [3.05, 3.63) is 0 Å². The van der Waals surface area contributed by atoms with Gasteiger partial charge in [0.2, 0.25) is 5.91 Å². The minimum Gasteiger partial charge on any atom is -0.391 e. The van der Waals surface area contributed by atoms with Gasteiger partial charge in [-0.3, -0.25) is 4.79 Å². The predicted molar refractivity (Wildman–Crippen MR) is 113 cm³/mol. The number of hydrogen-bond donors (Lipinski definition) is 2. The molecule has 156 valence electrons. The lowest BCUT2D eigenvalue weighted by Gasteiger charge is -2.19. The third kappa shape index (κ3) is 16.9. The molecule has 2 atom stereocenters. The van der Waals surface area contributed by atoms with E-state index in [2.05, 4.69) is 12.2 Å². The molecule has 0 aliphatic rings. The van der Waals surface area contributed by atoms with Crippen molar-refractivity contribution in [2.24, 2.45) is 0 Å². The molecule has 0 bridgehead atoms. The Morgan fingerprint density at radius 2 is 1.12 bits per heavy atom. The van der Waals surface area contributed by atoms with Crippen molar-refractivity contribution in [2.75, 3.05) is 0 Å². The van der Waals surface area contributed by atoms with Crippen molar-refractivity contribution in [1.82, 2.24) is 5.32 Å². The first-order chi connectivity index (χ1) is 12.6. The molecule has 1 amide bonds. The van der Waals surface area contributed by atoms with E-state index in [1.165, 1.54) is 83.5 Å². The summed E-state index contributed by atoms with van der Waals surface area (Å²) in [4.78, 5) is 11.8. The molecule has 0 saturated heterocycles. The molecular weight excluding hydrogens is 322 g/mol. The van der Waals surface area contributed by atoms with Crippen LogP contribution in [0, 0.1) is 0 Å². The fourth-order valence-electron chi connectivity index (χ4n) is 3.50. The molecule has 0 rings (SSSR count). The Morgan fingerprint density at radius 3 is 1.46 bits per heavy atom. The molecule has 0 aromatic carbocycles. The third-order valence-electron chi connectivity index (χ3n) is 5.38. The molecule has 2 unspecified atom stereocenters. The Kier molecular flexibility index (Phi) is 18.8. The molecule has 0 saturated carbocycles. The van der Waals surface area contributed by atoms with Gasteiger partial charge in [0, 0.05) is 6.42 Å². The monoisotopic (exact) mass is 369 g/mol. The topological polar surface area (TPSA) is 49.3 Å². The molecule has 0 radical (unpaired) electrons. The molecule has 0 aromatic heterocycles. The van der Waals surface area contributed by atoms with Crippen molar-refractivity contribution in [2.45, 2.75) is 142 Å². The van der Waals surface area contributed by atoms with Gasteiger partial charge in [-0.05, 0) is 19.8 Å². The van der Waals surface area contributed by atoms with Crippen LogP contribution in [0.5, 0.6) is 0 Å². The number of amides is 1. The first-order valence-corrected chi connectivity index (χ1v) is 11.6. The second-order valence-electron chi connectivity index (χ2n) is 8.02. The molecule has 3 nitrogen and oxygen atoms in total. The second-order valence-corrected chi connectivity index (χ2v) is 8.02. The normalized spacial score (nSPS) is 13.5. The number of hydrogen-bond acceptors (Lipinski definition) is 2. The van der Waals surface area contributed by atoms with Crippen LogP contribution in [0.25, 0.3) is 0 Å². The molecule has 26 heavy (non-hydrogen) atoms. The van der Waals surface area contributed by atoms with E-state index in [1.807, 2.05) is 6.92 Å². The quantitative estimate of drug-likeness (QED) is 0.254. The highest BCUT2D eigenvalue weighted by atomic mass is 16.3. The number of carbonyl (C=O) groups is 1. The van der Waals surface area contributed by atoms with Crippen molar-refractivity contribution in [3.8, 4) is 0 Å². The van der Waals surface area contributed by atoms with E-state index in [9.17, 15) is 9.90 Å². The fourth-order valence-corrected chi connectivity index (χ4v) is 3.50. The summed E-state index contributed by atoms with van der Waals surface area (Å²) < 4.78 is 0. The van der Waals surface area contributed by atoms with Crippen molar-refractivity contribution >= 4 is 5.91 Å². The summed E-state index contributed by atoms with van der Waals surface area (Å²) in [6.45, 7) is 6.01. The molecular formula is C23H47NO2. The second kappa shape index (κ2) is 19.2. The van der Waals surface area contributed by atoms with E-state index in [0.717, 1.165) is 19.3 Å². The lowest BCUT2D eigenvalue weighted by Crippen LogP contribution is -2.41. The van der Waals surface area contributed by atoms with E-state index in [0.29, 0.717) is 6.42 Å². The molecule has 0 aromatic rings. The summed E-state index contributed by atoms with van der Waals surface area (Å²) in [5.41, 5.74) is 0. The average molecular weight is 370 g/mol. The number of carbonyl (C=O) groups excluding carboxylic acids is 1. The minimum atomic E-state index is -0.468. The van der Waals surface area contributed by atoms with Crippen molar-refractivity contribution < 1.29 is 9.90 Å². The predicted octanol–water partition coefficient (Wildman–Crippen LogP) is 6.52. The van der Waals surface area contributed by atoms with Crippen LogP contribution in [-0.4, -0.2) is 23.2 Å². The van der Waals surface area contributed by atoms with Gasteiger partial charge >= 0.3 is 0 Å².